The van der Waals surface area contributed by atoms with Crippen LogP contribution in [0.4, 0.5) is 5.69 Å². The maximum atomic E-state index is 12.2. The molecule has 5 heteroatoms. The molecular weight excluding hydrogens is 306 g/mol. The first kappa shape index (κ1) is 16.7. The van der Waals surface area contributed by atoms with E-state index in [1.807, 2.05) is 16.7 Å². The monoisotopic (exact) mass is 333 g/mol. The third kappa shape index (κ3) is 4.88. The number of amides is 1. The van der Waals surface area contributed by atoms with Crippen LogP contribution >= 0.6 is 11.8 Å². The quantitative estimate of drug-likeness (QED) is 0.825. The number of thioether (sulfide) groups is 1. The Morgan fingerprint density at radius 1 is 0.957 bits per heavy atom. The lowest BCUT2D eigenvalue weighted by Crippen LogP contribution is -2.46. The highest BCUT2D eigenvalue weighted by atomic mass is 32.2. The number of rotatable bonds is 5. The van der Waals surface area contributed by atoms with Crippen molar-refractivity contribution < 1.29 is 4.79 Å². The molecule has 2 saturated heterocycles. The molecule has 0 aliphatic carbocycles. The van der Waals surface area contributed by atoms with Crippen molar-refractivity contribution in [3.05, 3.63) is 30.3 Å². The lowest BCUT2D eigenvalue weighted by Gasteiger charge is -2.36. The Hall–Kier alpha value is -1.20. The van der Waals surface area contributed by atoms with Crippen LogP contribution in [0.25, 0.3) is 0 Å². The molecule has 23 heavy (non-hydrogen) atoms. The standard InChI is InChI=1S/C18H27N3OS/c22-18(21-13-15-23-16-14-21)7-4-8-19-9-11-20(12-10-19)17-5-2-1-3-6-17/h1-3,5-6H,4,7-16H2. The van der Waals surface area contributed by atoms with Gasteiger partial charge in [-0.15, -0.1) is 0 Å². The highest BCUT2D eigenvalue weighted by Crippen LogP contribution is 2.16. The van der Waals surface area contributed by atoms with Crippen LogP contribution in [0.2, 0.25) is 0 Å². The van der Waals surface area contributed by atoms with Crippen molar-refractivity contribution >= 4 is 23.4 Å². The molecule has 2 aliphatic rings. The minimum atomic E-state index is 0.355. The topological polar surface area (TPSA) is 26.8 Å². The van der Waals surface area contributed by atoms with Gasteiger partial charge in [-0.3, -0.25) is 9.69 Å². The van der Waals surface area contributed by atoms with Gasteiger partial charge in [-0.1, -0.05) is 18.2 Å². The highest BCUT2D eigenvalue weighted by molar-refractivity contribution is 7.99. The molecule has 1 aromatic carbocycles. The minimum Gasteiger partial charge on any atom is -0.369 e. The number of carbonyl (C=O) groups excluding carboxylic acids is 1. The third-order valence-electron chi connectivity index (χ3n) is 4.72. The Morgan fingerprint density at radius 3 is 2.35 bits per heavy atom. The zero-order chi connectivity index (χ0) is 15.9. The highest BCUT2D eigenvalue weighted by Gasteiger charge is 2.19. The number of hydrogen-bond donors (Lipinski definition) is 0. The fourth-order valence-corrected chi connectivity index (χ4v) is 4.20. The average Bonchev–Trinajstić information content (AvgIpc) is 2.64. The molecule has 2 aliphatic heterocycles. The molecule has 0 unspecified atom stereocenters. The van der Waals surface area contributed by atoms with Gasteiger partial charge in [-0.2, -0.15) is 11.8 Å². The van der Waals surface area contributed by atoms with Crippen LogP contribution in [0, 0.1) is 0 Å². The van der Waals surface area contributed by atoms with Gasteiger partial charge in [0.05, 0.1) is 0 Å². The van der Waals surface area contributed by atoms with Crippen molar-refractivity contribution in [1.29, 1.82) is 0 Å². The number of anilines is 1. The fourth-order valence-electron chi connectivity index (χ4n) is 3.29. The van der Waals surface area contributed by atoms with E-state index in [1.54, 1.807) is 0 Å². The van der Waals surface area contributed by atoms with Gasteiger partial charge >= 0.3 is 0 Å². The van der Waals surface area contributed by atoms with Gasteiger partial charge in [0.2, 0.25) is 5.91 Å². The summed E-state index contributed by atoms with van der Waals surface area (Å²) in [5, 5.41) is 0. The second-order valence-electron chi connectivity index (χ2n) is 6.26. The molecule has 4 nitrogen and oxygen atoms in total. The first-order chi connectivity index (χ1) is 11.3. The number of para-hydroxylation sites is 1. The summed E-state index contributed by atoms with van der Waals surface area (Å²) in [6.45, 7) is 7.31. The first-order valence-corrected chi connectivity index (χ1v) is 9.86. The van der Waals surface area contributed by atoms with Crippen molar-refractivity contribution in [1.82, 2.24) is 9.80 Å². The van der Waals surface area contributed by atoms with Crippen LogP contribution in [0.15, 0.2) is 30.3 Å². The van der Waals surface area contributed by atoms with Crippen LogP contribution in [0.3, 0.4) is 0 Å². The van der Waals surface area contributed by atoms with E-state index >= 15 is 0 Å². The Morgan fingerprint density at radius 2 is 1.65 bits per heavy atom. The molecule has 0 radical (unpaired) electrons. The summed E-state index contributed by atoms with van der Waals surface area (Å²) < 4.78 is 0. The number of piperazine rings is 1. The predicted octanol–water partition coefficient (Wildman–Crippen LogP) is 2.16. The SMILES string of the molecule is O=C(CCCN1CCN(c2ccccc2)CC1)N1CCSCC1. The Balaban J connectivity index is 1.34. The summed E-state index contributed by atoms with van der Waals surface area (Å²) in [6.07, 6.45) is 1.71. The number of benzene rings is 1. The summed E-state index contributed by atoms with van der Waals surface area (Å²) in [7, 11) is 0. The smallest absolute Gasteiger partial charge is 0.222 e. The second-order valence-corrected chi connectivity index (χ2v) is 7.49. The minimum absolute atomic E-state index is 0.355. The molecule has 0 aromatic heterocycles. The summed E-state index contributed by atoms with van der Waals surface area (Å²) in [5.74, 6) is 2.56. The van der Waals surface area contributed by atoms with Crippen molar-refractivity contribution in [3.63, 3.8) is 0 Å². The Bertz CT molecular complexity index is 482. The number of carbonyl (C=O) groups is 1. The lowest BCUT2D eigenvalue weighted by molar-refractivity contribution is -0.131. The van der Waals surface area contributed by atoms with E-state index in [1.165, 1.54) is 5.69 Å². The molecule has 126 valence electrons. The summed E-state index contributed by atoms with van der Waals surface area (Å²) in [4.78, 5) is 19.2. The molecule has 0 spiro atoms. The predicted molar refractivity (Wildman–Crippen MR) is 98.2 cm³/mol. The zero-order valence-electron chi connectivity index (χ0n) is 13.8. The van der Waals surface area contributed by atoms with E-state index in [4.69, 9.17) is 0 Å². The number of nitrogens with zero attached hydrogens (tertiary/aromatic N) is 3. The Labute approximate surface area is 143 Å². The molecule has 1 amide bonds. The Kier molecular flexibility index (Phi) is 6.22. The van der Waals surface area contributed by atoms with Crippen LogP contribution in [0.1, 0.15) is 12.8 Å². The van der Waals surface area contributed by atoms with Crippen molar-refractivity contribution in [3.8, 4) is 0 Å². The molecule has 1 aromatic rings. The van der Waals surface area contributed by atoms with Crippen molar-refractivity contribution in [2.24, 2.45) is 0 Å². The van der Waals surface area contributed by atoms with Gasteiger partial charge in [0.1, 0.15) is 0 Å². The normalized spacial score (nSPS) is 19.8. The van der Waals surface area contributed by atoms with Crippen LogP contribution in [0.5, 0.6) is 0 Å². The summed E-state index contributed by atoms with van der Waals surface area (Å²) in [5.41, 5.74) is 1.32. The van der Waals surface area contributed by atoms with E-state index in [0.717, 1.165) is 63.7 Å². The average molecular weight is 334 g/mol. The van der Waals surface area contributed by atoms with Crippen LogP contribution in [-0.2, 0) is 4.79 Å². The maximum absolute atomic E-state index is 12.2. The molecule has 3 rings (SSSR count). The molecule has 2 heterocycles. The van der Waals surface area contributed by atoms with Gasteiger partial charge in [0, 0.05) is 62.9 Å². The largest absolute Gasteiger partial charge is 0.369 e. The lowest BCUT2D eigenvalue weighted by atomic mass is 10.2. The van der Waals surface area contributed by atoms with E-state index in [2.05, 4.69) is 40.1 Å². The van der Waals surface area contributed by atoms with Crippen molar-refractivity contribution in [2.75, 3.05) is 62.2 Å². The van der Waals surface area contributed by atoms with E-state index in [-0.39, 0.29) is 0 Å². The summed E-state index contributed by atoms with van der Waals surface area (Å²) >= 11 is 1.95. The molecule has 0 atom stereocenters. The van der Waals surface area contributed by atoms with Crippen LogP contribution in [-0.4, -0.2) is 73.0 Å². The van der Waals surface area contributed by atoms with Gasteiger partial charge in [0.15, 0.2) is 0 Å². The number of hydrogen-bond acceptors (Lipinski definition) is 4. The zero-order valence-corrected chi connectivity index (χ0v) is 14.6. The van der Waals surface area contributed by atoms with Crippen LogP contribution < -0.4 is 4.90 Å². The van der Waals surface area contributed by atoms with Crippen molar-refractivity contribution in [2.45, 2.75) is 12.8 Å². The third-order valence-corrected chi connectivity index (χ3v) is 5.66. The molecular formula is C18H27N3OS. The van der Waals surface area contributed by atoms with Gasteiger partial charge in [-0.05, 0) is 25.1 Å². The second kappa shape index (κ2) is 8.60. The van der Waals surface area contributed by atoms with E-state index < -0.39 is 0 Å². The summed E-state index contributed by atoms with van der Waals surface area (Å²) in [6, 6.07) is 10.6. The molecule has 0 saturated carbocycles. The molecule has 0 N–H and O–H groups in total. The molecule has 2 fully saturated rings. The van der Waals surface area contributed by atoms with Gasteiger partial charge in [-0.25, -0.2) is 0 Å². The van der Waals surface area contributed by atoms with E-state index in [9.17, 15) is 4.79 Å². The van der Waals surface area contributed by atoms with Gasteiger partial charge in [0.25, 0.3) is 0 Å². The van der Waals surface area contributed by atoms with E-state index in [0.29, 0.717) is 12.3 Å². The van der Waals surface area contributed by atoms with Gasteiger partial charge < -0.3 is 9.80 Å². The first-order valence-electron chi connectivity index (χ1n) is 8.71. The maximum Gasteiger partial charge on any atom is 0.222 e. The fraction of sp³-hybridized carbons (Fsp3) is 0.611. The molecule has 0 bridgehead atoms.